The number of esters is 1. The van der Waals surface area contributed by atoms with E-state index in [0.717, 1.165) is 6.29 Å². The zero-order chi connectivity index (χ0) is 47.8. The number of ether oxygens (including phenoxy) is 9. The quantitative estimate of drug-likeness (QED) is 0.131. The SMILES string of the molecule is CC[C@H]1OC(=O)C[C@@H](O)[C@H](C)[C@@H](O[C@@H]2O[C@H](C)[C@@H](O[C@H]3C[C@@](C)(O)[C@@H](O)[C@H](C)O3)[C@H](N(C)C)[C@H]2O)[C@@H](CC=O)C[C@@H](C)C(=O)CCC(C)C[C@@H]1CO[C@@H]1O[C@H](C)[C@@H](O)[C@@H](OC)[C@H]1OC. The highest BCUT2D eigenvalue weighted by molar-refractivity contribution is 5.80. The van der Waals surface area contributed by atoms with E-state index in [1.807, 2.05) is 20.8 Å². The number of Topliss-reactive ketones (excluding diaryl/α,β-unsaturated/α-hetero) is 1. The first-order chi connectivity index (χ1) is 30.1. The van der Waals surface area contributed by atoms with Gasteiger partial charge in [0.2, 0.25) is 0 Å². The molecule has 0 spiro atoms. The largest absolute Gasteiger partial charge is 0.462 e. The van der Waals surface area contributed by atoms with Gasteiger partial charge < -0.3 is 77.9 Å². The van der Waals surface area contributed by atoms with Gasteiger partial charge in [0.25, 0.3) is 0 Å². The summed E-state index contributed by atoms with van der Waals surface area (Å²) in [6.07, 6.45) is -11.5. The number of hydrogen-bond acceptors (Lipinski definition) is 18. The van der Waals surface area contributed by atoms with E-state index in [4.69, 9.17) is 42.6 Å². The fourth-order valence-electron chi connectivity index (χ4n) is 10.1. The Morgan fingerprint density at radius 1 is 0.812 bits per heavy atom. The van der Waals surface area contributed by atoms with Gasteiger partial charge in [0.05, 0.1) is 55.2 Å². The molecular weight excluding hydrogens is 838 g/mol. The first-order valence-electron chi connectivity index (χ1n) is 23.3. The maximum atomic E-state index is 13.8. The number of carbonyl (C=O) groups is 3. The van der Waals surface area contributed by atoms with Crippen molar-refractivity contribution in [1.29, 1.82) is 0 Å². The van der Waals surface area contributed by atoms with Crippen LogP contribution in [0.15, 0.2) is 0 Å². The number of rotatable bonds is 13. The molecule has 4 aliphatic rings. The Kier molecular flexibility index (Phi) is 21.0. The first-order valence-corrected chi connectivity index (χ1v) is 23.3. The zero-order valence-corrected chi connectivity index (χ0v) is 40.1. The van der Waals surface area contributed by atoms with Gasteiger partial charge in [0.15, 0.2) is 18.9 Å². The van der Waals surface area contributed by atoms with E-state index in [0.29, 0.717) is 19.3 Å². The molecule has 0 amide bonds. The van der Waals surface area contributed by atoms with Crippen molar-refractivity contribution >= 4 is 18.0 Å². The summed E-state index contributed by atoms with van der Waals surface area (Å²) in [5, 5.41) is 55.8. The summed E-state index contributed by atoms with van der Waals surface area (Å²) in [6, 6.07) is -0.734. The minimum Gasteiger partial charge on any atom is -0.462 e. The molecule has 0 aromatic carbocycles. The van der Waals surface area contributed by atoms with E-state index in [9.17, 15) is 39.9 Å². The highest BCUT2D eigenvalue weighted by atomic mass is 16.7. The Hall–Kier alpha value is -1.75. The molecule has 372 valence electrons. The maximum Gasteiger partial charge on any atom is 0.308 e. The topological polar surface area (TPSA) is 239 Å². The molecule has 0 aromatic rings. The summed E-state index contributed by atoms with van der Waals surface area (Å²) in [6.45, 7) is 14.2. The van der Waals surface area contributed by atoms with Gasteiger partial charge in [-0.25, -0.2) is 0 Å². The summed E-state index contributed by atoms with van der Waals surface area (Å²) >= 11 is 0. The van der Waals surface area contributed by atoms with Gasteiger partial charge in [-0.05, 0) is 79.3 Å². The molecule has 0 bridgehead atoms. The van der Waals surface area contributed by atoms with Crippen molar-refractivity contribution in [3.63, 3.8) is 0 Å². The predicted octanol–water partition coefficient (Wildman–Crippen LogP) is 2.14. The van der Waals surface area contributed by atoms with Crippen molar-refractivity contribution in [3.8, 4) is 0 Å². The normalized spacial score (nSPS) is 46.1. The lowest BCUT2D eigenvalue weighted by atomic mass is 9.79. The molecule has 1 unspecified atom stereocenters. The molecule has 22 atom stereocenters. The number of carbonyl (C=O) groups excluding carboxylic acids is 3. The van der Waals surface area contributed by atoms with E-state index in [2.05, 4.69) is 0 Å². The third-order valence-electron chi connectivity index (χ3n) is 14.1. The summed E-state index contributed by atoms with van der Waals surface area (Å²) in [5.74, 6) is -2.91. The van der Waals surface area contributed by atoms with Crippen molar-refractivity contribution in [3.05, 3.63) is 0 Å². The van der Waals surface area contributed by atoms with Crippen LogP contribution in [0.3, 0.4) is 0 Å². The molecule has 4 fully saturated rings. The van der Waals surface area contributed by atoms with Crippen LogP contribution >= 0.6 is 0 Å². The molecule has 0 saturated carbocycles. The van der Waals surface area contributed by atoms with Crippen LogP contribution in [0.2, 0.25) is 0 Å². The summed E-state index contributed by atoms with van der Waals surface area (Å²) in [5.41, 5.74) is -1.48. The predicted molar refractivity (Wildman–Crippen MR) is 230 cm³/mol. The van der Waals surface area contributed by atoms with Crippen LogP contribution < -0.4 is 0 Å². The number of ketones is 1. The lowest BCUT2D eigenvalue weighted by Crippen LogP contribution is -2.65. The number of aliphatic hydroxyl groups excluding tert-OH is 4. The molecule has 4 saturated heterocycles. The molecule has 0 aliphatic carbocycles. The highest BCUT2D eigenvalue weighted by Gasteiger charge is 2.52. The third-order valence-corrected chi connectivity index (χ3v) is 14.1. The highest BCUT2D eigenvalue weighted by Crippen LogP contribution is 2.38. The van der Waals surface area contributed by atoms with Gasteiger partial charge in [-0.2, -0.15) is 0 Å². The van der Waals surface area contributed by atoms with E-state index in [1.165, 1.54) is 21.1 Å². The molecule has 4 heterocycles. The van der Waals surface area contributed by atoms with Crippen LogP contribution in [-0.2, 0) is 57.0 Å². The molecule has 0 aromatic heterocycles. The Labute approximate surface area is 379 Å². The standard InChI is InChI=1S/C46H81NO17/c1-13-33-30(22-58-45-42(57-12)41(56-11)37(52)26(5)60-45)18-23(2)14-15-31(49)24(3)19-29(16-17-48)39(25(4)32(50)20-34(51)62-33)64-44-38(53)36(47(9)10)40(27(6)61-44)63-35-21-46(8,55)43(54)28(7)59-35/h17,23-30,32-33,35-45,50,52-55H,13-16,18-22H2,1-12H3/t23?,24-,25+,26-,27-,28+,29+,30-,32-,33-,35+,36-,37-,38-,39-,40-,41-,42-,43+,44+,45-,46-/m1/s1. The average Bonchev–Trinajstić information content (AvgIpc) is 3.23. The summed E-state index contributed by atoms with van der Waals surface area (Å²) < 4.78 is 55.0. The maximum absolute atomic E-state index is 13.8. The molecule has 4 aliphatic heterocycles. The average molecular weight is 920 g/mol. The fraction of sp³-hybridized carbons (Fsp3) is 0.935. The smallest absolute Gasteiger partial charge is 0.308 e. The van der Waals surface area contributed by atoms with Crippen molar-refractivity contribution in [2.45, 2.75) is 211 Å². The van der Waals surface area contributed by atoms with Crippen LogP contribution in [-0.4, -0.2) is 187 Å². The van der Waals surface area contributed by atoms with Crippen molar-refractivity contribution in [2.75, 3.05) is 34.9 Å². The lowest BCUT2D eigenvalue weighted by Gasteiger charge is -2.50. The van der Waals surface area contributed by atoms with Crippen LogP contribution in [0.25, 0.3) is 0 Å². The molecule has 18 heteroatoms. The Bertz CT molecular complexity index is 1450. The number of methoxy groups -OCH3 is 2. The lowest BCUT2D eigenvalue weighted by molar-refractivity contribution is -0.341. The molecular formula is C46H81NO17. The van der Waals surface area contributed by atoms with Crippen molar-refractivity contribution < 1.29 is 82.5 Å². The fourth-order valence-corrected chi connectivity index (χ4v) is 10.1. The van der Waals surface area contributed by atoms with Crippen LogP contribution in [0.4, 0.5) is 0 Å². The van der Waals surface area contributed by atoms with Gasteiger partial charge in [-0.3, -0.25) is 9.59 Å². The number of likely N-dealkylation sites (N-methyl/N-ethyl adjacent to an activating group) is 1. The summed E-state index contributed by atoms with van der Waals surface area (Å²) in [7, 11) is 6.49. The van der Waals surface area contributed by atoms with Gasteiger partial charge >= 0.3 is 5.97 Å². The number of cyclic esters (lactones) is 1. The molecule has 0 radical (unpaired) electrons. The van der Waals surface area contributed by atoms with E-state index >= 15 is 0 Å². The Balaban J connectivity index is 1.59. The van der Waals surface area contributed by atoms with Crippen LogP contribution in [0.1, 0.15) is 107 Å². The van der Waals surface area contributed by atoms with E-state index in [-0.39, 0.29) is 49.9 Å². The molecule has 64 heavy (non-hydrogen) atoms. The van der Waals surface area contributed by atoms with E-state index < -0.39 is 134 Å². The van der Waals surface area contributed by atoms with Crippen LogP contribution in [0.5, 0.6) is 0 Å². The van der Waals surface area contributed by atoms with Crippen LogP contribution in [0, 0.1) is 29.6 Å². The second-order valence-corrected chi connectivity index (χ2v) is 19.5. The van der Waals surface area contributed by atoms with Gasteiger partial charge in [0, 0.05) is 51.2 Å². The Morgan fingerprint density at radius 2 is 1.47 bits per heavy atom. The van der Waals surface area contributed by atoms with Gasteiger partial charge in [-0.1, -0.05) is 27.7 Å². The molecule has 18 nitrogen and oxygen atoms in total. The second-order valence-electron chi connectivity index (χ2n) is 19.5. The number of hydrogen-bond donors (Lipinski definition) is 5. The van der Waals surface area contributed by atoms with Crippen molar-refractivity contribution in [2.24, 2.45) is 29.6 Å². The summed E-state index contributed by atoms with van der Waals surface area (Å²) in [4.78, 5) is 41.7. The molecule has 5 N–H and O–H groups in total. The van der Waals surface area contributed by atoms with Gasteiger partial charge in [-0.15, -0.1) is 0 Å². The van der Waals surface area contributed by atoms with E-state index in [1.54, 1.807) is 46.7 Å². The second kappa shape index (κ2) is 24.5. The minimum absolute atomic E-state index is 0.00532. The monoisotopic (exact) mass is 920 g/mol. The first kappa shape index (κ1) is 54.9. The number of nitrogens with zero attached hydrogens (tertiary/aromatic N) is 1. The third kappa shape index (κ3) is 13.7. The van der Waals surface area contributed by atoms with Gasteiger partial charge in [0.1, 0.15) is 54.8 Å². The van der Waals surface area contributed by atoms with Crippen molar-refractivity contribution in [1.82, 2.24) is 4.90 Å². The number of aliphatic hydroxyl groups is 5. The minimum atomic E-state index is -1.48. The molecule has 4 rings (SSSR count). The Morgan fingerprint density at radius 3 is 2.06 bits per heavy atom. The zero-order valence-electron chi connectivity index (χ0n) is 40.1. The number of aldehydes is 1.